The summed E-state index contributed by atoms with van der Waals surface area (Å²) in [5.41, 5.74) is 4.40. The van der Waals surface area contributed by atoms with E-state index in [0.717, 1.165) is 87.0 Å². The number of hydrogen-bond donors (Lipinski definition) is 1. The Balaban J connectivity index is 1.38. The summed E-state index contributed by atoms with van der Waals surface area (Å²) in [6, 6.07) is 8.56. The quantitative estimate of drug-likeness (QED) is 0.735. The van der Waals surface area contributed by atoms with Crippen molar-refractivity contribution in [2.75, 3.05) is 64.4 Å². The number of morpholine rings is 1. The maximum absolute atomic E-state index is 5.46. The van der Waals surface area contributed by atoms with Crippen LogP contribution in [0.5, 0.6) is 0 Å². The van der Waals surface area contributed by atoms with Crippen LogP contribution >= 0.6 is 0 Å². The molecule has 1 N–H and O–H groups in total. The molecule has 0 spiro atoms. The third-order valence-electron chi connectivity index (χ3n) is 5.95. The fraction of sp³-hybridized carbons (Fsp3) is 0.455. The SMILES string of the molecule is CN1CCN(c2ccc(-c3nccc4[nH]c(CN5CCOCC5)cc34)cn2)CC1. The van der Waals surface area contributed by atoms with Crippen molar-refractivity contribution in [1.29, 1.82) is 0 Å². The Morgan fingerprint density at radius 1 is 1.00 bits per heavy atom. The number of pyridine rings is 2. The van der Waals surface area contributed by atoms with Crippen LogP contribution in [0.25, 0.3) is 22.2 Å². The lowest BCUT2D eigenvalue weighted by Gasteiger charge is -2.33. The van der Waals surface area contributed by atoms with E-state index in [2.05, 4.69) is 49.9 Å². The third kappa shape index (κ3) is 3.99. The molecule has 2 fully saturated rings. The molecule has 0 unspecified atom stereocenters. The van der Waals surface area contributed by atoms with Gasteiger partial charge in [-0.25, -0.2) is 4.98 Å². The molecule has 2 aliphatic rings. The summed E-state index contributed by atoms with van der Waals surface area (Å²) in [6.45, 7) is 8.74. The molecule has 7 heteroatoms. The largest absolute Gasteiger partial charge is 0.379 e. The Bertz CT molecular complexity index is 955. The number of ether oxygens (including phenoxy) is 1. The van der Waals surface area contributed by atoms with Crippen molar-refractivity contribution in [2.24, 2.45) is 0 Å². The summed E-state index contributed by atoms with van der Waals surface area (Å²) in [6.07, 6.45) is 3.84. The van der Waals surface area contributed by atoms with Crippen LogP contribution in [0.15, 0.2) is 36.7 Å². The fourth-order valence-electron chi connectivity index (χ4n) is 4.18. The molecule has 152 valence electrons. The number of rotatable bonds is 4. The molecule has 2 saturated heterocycles. The van der Waals surface area contributed by atoms with Gasteiger partial charge in [0.15, 0.2) is 0 Å². The average Bonchev–Trinajstić information content (AvgIpc) is 3.18. The highest BCUT2D eigenvalue weighted by molar-refractivity contribution is 5.93. The minimum atomic E-state index is 0.818. The van der Waals surface area contributed by atoms with E-state index in [1.807, 2.05) is 18.5 Å². The molecule has 0 bridgehead atoms. The maximum atomic E-state index is 5.46. The van der Waals surface area contributed by atoms with Crippen LogP contribution in [0.1, 0.15) is 5.69 Å². The number of fused-ring (bicyclic) bond motifs is 1. The molecule has 3 aromatic rings. The topological polar surface area (TPSA) is 60.5 Å². The first-order chi connectivity index (χ1) is 14.3. The number of H-pyrrole nitrogens is 1. The lowest BCUT2D eigenvalue weighted by molar-refractivity contribution is 0.0337. The number of anilines is 1. The zero-order valence-electron chi connectivity index (χ0n) is 17.0. The standard InChI is InChI=1S/C22H28N6O/c1-26-6-8-28(9-7-26)21-3-2-17(15-24-21)22-19-14-18(25-20(19)4-5-23-22)16-27-10-12-29-13-11-27/h2-5,14-15,25H,6-13,16H2,1H3. The zero-order chi connectivity index (χ0) is 19.6. The van der Waals surface area contributed by atoms with Gasteiger partial charge in [-0.2, -0.15) is 0 Å². The van der Waals surface area contributed by atoms with Crippen molar-refractivity contribution in [3.05, 3.63) is 42.4 Å². The van der Waals surface area contributed by atoms with Gasteiger partial charge in [0.05, 0.1) is 18.9 Å². The number of nitrogens with one attached hydrogen (secondary N) is 1. The van der Waals surface area contributed by atoms with E-state index in [4.69, 9.17) is 9.72 Å². The monoisotopic (exact) mass is 392 g/mol. The molecule has 0 aliphatic carbocycles. The average molecular weight is 393 g/mol. The molecule has 5 rings (SSSR count). The van der Waals surface area contributed by atoms with Crippen molar-refractivity contribution in [2.45, 2.75) is 6.54 Å². The highest BCUT2D eigenvalue weighted by Crippen LogP contribution is 2.28. The van der Waals surface area contributed by atoms with Crippen LogP contribution in [-0.4, -0.2) is 84.3 Å². The van der Waals surface area contributed by atoms with Crippen molar-refractivity contribution in [3.63, 3.8) is 0 Å². The normalized spacial score (nSPS) is 19.1. The van der Waals surface area contributed by atoms with Gasteiger partial charge in [-0.05, 0) is 31.3 Å². The molecule has 0 atom stereocenters. The molecular weight excluding hydrogens is 364 g/mol. The molecule has 7 nitrogen and oxygen atoms in total. The van der Waals surface area contributed by atoms with Crippen molar-refractivity contribution in [3.8, 4) is 11.3 Å². The van der Waals surface area contributed by atoms with Crippen molar-refractivity contribution < 1.29 is 4.74 Å². The van der Waals surface area contributed by atoms with Crippen molar-refractivity contribution in [1.82, 2.24) is 24.8 Å². The summed E-state index contributed by atoms with van der Waals surface area (Å²) >= 11 is 0. The van der Waals surface area contributed by atoms with Gasteiger partial charge in [-0.1, -0.05) is 0 Å². The first-order valence-electron chi connectivity index (χ1n) is 10.4. The van der Waals surface area contributed by atoms with Gasteiger partial charge < -0.3 is 19.5 Å². The molecule has 29 heavy (non-hydrogen) atoms. The molecule has 0 radical (unpaired) electrons. The number of piperazine rings is 1. The fourth-order valence-corrected chi connectivity index (χ4v) is 4.18. The van der Waals surface area contributed by atoms with Crippen LogP contribution in [0.3, 0.4) is 0 Å². The molecule has 0 saturated carbocycles. The number of likely N-dealkylation sites (N-methyl/N-ethyl adjacent to an activating group) is 1. The molecular formula is C22H28N6O. The second-order valence-corrected chi connectivity index (χ2v) is 8.00. The summed E-state index contributed by atoms with van der Waals surface area (Å²) in [7, 11) is 2.17. The maximum Gasteiger partial charge on any atom is 0.128 e. The van der Waals surface area contributed by atoms with Gasteiger partial charge in [0.2, 0.25) is 0 Å². The lowest BCUT2D eigenvalue weighted by atomic mass is 10.1. The van der Waals surface area contributed by atoms with E-state index in [9.17, 15) is 0 Å². The Kier molecular flexibility index (Phi) is 5.18. The van der Waals surface area contributed by atoms with Crippen LogP contribution < -0.4 is 4.90 Å². The third-order valence-corrected chi connectivity index (χ3v) is 5.95. The number of hydrogen-bond acceptors (Lipinski definition) is 6. The Morgan fingerprint density at radius 2 is 1.83 bits per heavy atom. The number of aromatic amines is 1. The minimum Gasteiger partial charge on any atom is -0.379 e. The van der Waals surface area contributed by atoms with E-state index in [0.29, 0.717) is 0 Å². The lowest BCUT2D eigenvalue weighted by Crippen LogP contribution is -2.44. The van der Waals surface area contributed by atoms with Crippen LogP contribution in [0.4, 0.5) is 5.82 Å². The second-order valence-electron chi connectivity index (χ2n) is 8.00. The predicted molar refractivity (Wildman–Crippen MR) is 115 cm³/mol. The van der Waals surface area contributed by atoms with Gasteiger partial charge in [-0.15, -0.1) is 0 Å². The minimum absolute atomic E-state index is 0.818. The predicted octanol–water partition coefficient (Wildman–Crippen LogP) is 2.21. The second kappa shape index (κ2) is 8.10. The summed E-state index contributed by atoms with van der Waals surface area (Å²) in [4.78, 5) is 20.1. The van der Waals surface area contributed by atoms with E-state index in [-0.39, 0.29) is 0 Å². The van der Waals surface area contributed by atoms with Crippen LogP contribution in [-0.2, 0) is 11.3 Å². The first kappa shape index (κ1) is 18.5. The van der Waals surface area contributed by atoms with Gasteiger partial charge in [0.25, 0.3) is 0 Å². The highest BCUT2D eigenvalue weighted by atomic mass is 16.5. The van der Waals surface area contributed by atoms with Gasteiger partial charge in [0, 0.05) is 80.4 Å². The first-order valence-corrected chi connectivity index (χ1v) is 10.4. The highest BCUT2D eigenvalue weighted by Gasteiger charge is 2.17. The Morgan fingerprint density at radius 3 is 2.59 bits per heavy atom. The van der Waals surface area contributed by atoms with Gasteiger partial charge in [-0.3, -0.25) is 9.88 Å². The molecule has 0 aromatic carbocycles. The van der Waals surface area contributed by atoms with Crippen LogP contribution in [0, 0.1) is 0 Å². The van der Waals surface area contributed by atoms with E-state index >= 15 is 0 Å². The van der Waals surface area contributed by atoms with Crippen LogP contribution in [0.2, 0.25) is 0 Å². The zero-order valence-corrected chi connectivity index (χ0v) is 17.0. The molecule has 2 aliphatic heterocycles. The van der Waals surface area contributed by atoms with Gasteiger partial charge in [0.1, 0.15) is 5.82 Å². The Labute approximate surface area is 171 Å². The molecule has 0 amide bonds. The number of aromatic nitrogens is 3. The summed E-state index contributed by atoms with van der Waals surface area (Å²) < 4.78 is 5.46. The van der Waals surface area contributed by atoms with Gasteiger partial charge >= 0.3 is 0 Å². The summed E-state index contributed by atoms with van der Waals surface area (Å²) in [5.74, 6) is 1.05. The Hall–Kier alpha value is -2.48. The smallest absolute Gasteiger partial charge is 0.128 e. The summed E-state index contributed by atoms with van der Waals surface area (Å²) in [5, 5.41) is 1.16. The van der Waals surface area contributed by atoms with Crippen molar-refractivity contribution >= 4 is 16.7 Å². The molecule has 3 aromatic heterocycles. The van der Waals surface area contributed by atoms with E-state index in [1.165, 1.54) is 5.69 Å². The number of nitrogens with zero attached hydrogens (tertiary/aromatic N) is 5. The van der Waals surface area contributed by atoms with E-state index in [1.54, 1.807) is 0 Å². The van der Waals surface area contributed by atoms with E-state index < -0.39 is 0 Å². The molecule has 5 heterocycles.